The van der Waals surface area contributed by atoms with Gasteiger partial charge >= 0.3 is 0 Å². The Morgan fingerprint density at radius 3 is 2.82 bits per heavy atom. The quantitative estimate of drug-likeness (QED) is 0.862. The van der Waals surface area contributed by atoms with E-state index in [-0.39, 0.29) is 0 Å². The van der Waals surface area contributed by atoms with Crippen molar-refractivity contribution in [2.75, 3.05) is 13.2 Å². The van der Waals surface area contributed by atoms with Crippen LogP contribution < -0.4 is 10.1 Å². The van der Waals surface area contributed by atoms with Crippen molar-refractivity contribution in [2.24, 2.45) is 0 Å². The molecule has 0 radical (unpaired) electrons. The average molecular weight is 233 g/mol. The van der Waals surface area contributed by atoms with Crippen molar-refractivity contribution in [1.82, 2.24) is 5.32 Å². The number of ether oxygens (including phenoxy) is 1. The van der Waals surface area contributed by atoms with Gasteiger partial charge in [0.05, 0.1) is 6.61 Å². The lowest BCUT2D eigenvalue weighted by Crippen LogP contribution is -2.35. The minimum Gasteiger partial charge on any atom is -0.494 e. The summed E-state index contributed by atoms with van der Waals surface area (Å²) in [7, 11) is 0. The molecule has 1 aliphatic heterocycles. The van der Waals surface area contributed by atoms with E-state index in [1.54, 1.807) is 0 Å². The van der Waals surface area contributed by atoms with Crippen molar-refractivity contribution in [2.45, 2.75) is 45.6 Å². The van der Waals surface area contributed by atoms with Gasteiger partial charge in [0.2, 0.25) is 0 Å². The van der Waals surface area contributed by atoms with Crippen LogP contribution in [0.15, 0.2) is 18.2 Å². The van der Waals surface area contributed by atoms with Gasteiger partial charge in [-0.3, -0.25) is 0 Å². The first kappa shape index (κ1) is 12.4. The Kier molecular flexibility index (Phi) is 4.43. The number of piperidine rings is 1. The number of rotatable bonds is 4. The molecule has 0 aliphatic carbocycles. The number of benzene rings is 1. The fraction of sp³-hybridized carbons (Fsp3) is 0.600. The minimum atomic E-state index is 0.662. The molecule has 1 fully saturated rings. The highest BCUT2D eigenvalue weighted by molar-refractivity contribution is 5.33. The van der Waals surface area contributed by atoms with Crippen molar-refractivity contribution >= 4 is 0 Å². The first-order chi connectivity index (χ1) is 8.25. The Morgan fingerprint density at radius 2 is 2.12 bits per heavy atom. The molecule has 2 heteroatoms. The number of aryl methyl sites for hydroxylation is 2. The van der Waals surface area contributed by atoms with E-state index in [9.17, 15) is 0 Å². The molecule has 1 unspecified atom stereocenters. The summed E-state index contributed by atoms with van der Waals surface area (Å²) in [6.45, 7) is 6.25. The molecule has 0 bridgehead atoms. The fourth-order valence-corrected chi connectivity index (χ4v) is 2.29. The molecule has 1 saturated heterocycles. The summed E-state index contributed by atoms with van der Waals surface area (Å²) >= 11 is 0. The van der Waals surface area contributed by atoms with Gasteiger partial charge in [-0.2, -0.15) is 0 Å². The van der Waals surface area contributed by atoms with Crippen molar-refractivity contribution in [3.8, 4) is 5.75 Å². The smallest absolute Gasteiger partial charge is 0.119 e. The molecular weight excluding hydrogens is 210 g/mol. The molecule has 0 saturated carbocycles. The van der Waals surface area contributed by atoms with Gasteiger partial charge in [0, 0.05) is 6.04 Å². The second-order valence-electron chi connectivity index (χ2n) is 5.03. The average Bonchev–Trinajstić information content (AvgIpc) is 2.35. The molecule has 1 aliphatic rings. The Bertz CT molecular complexity index is 356. The third-order valence-corrected chi connectivity index (χ3v) is 3.63. The molecule has 0 amide bonds. The Hall–Kier alpha value is -1.02. The summed E-state index contributed by atoms with van der Waals surface area (Å²) in [6.07, 6.45) is 5.11. The van der Waals surface area contributed by atoms with Crippen LogP contribution in [0.5, 0.6) is 5.75 Å². The molecule has 1 N–H and O–H groups in total. The van der Waals surface area contributed by atoms with Gasteiger partial charge < -0.3 is 10.1 Å². The van der Waals surface area contributed by atoms with Crippen LogP contribution in [0.4, 0.5) is 0 Å². The van der Waals surface area contributed by atoms with E-state index in [0.29, 0.717) is 6.04 Å². The van der Waals surface area contributed by atoms with Gasteiger partial charge in [0.1, 0.15) is 5.75 Å². The topological polar surface area (TPSA) is 21.3 Å². The Balaban J connectivity index is 1.75. The highest BCUT2D eigenvalue weighted by atomic mass is 16.5. The van der Waals surface area contributed by atoms with Crippen molar-refractivity contribution in [3.63, 3.8) is 0 Å². The number of nitrogens with one attached hydrogen (secondary N) is 1. The van der Waals surface area contributed by atoms with Gasteiger partial charge in [-0.05, 0) is 62.9 Å². The maximum absolute atomic E-state index is 5.80. The molecular formula is C15H23NO. The molecule has 1 aromatic rings. The van der Waals surface area contributed by atoms with Gasteiger partial charge in [-0.15, -0.1) is 0 Å². The third kappa shape index (κ3) is 3.74. The summed E-state index contributed by atoms with van der Waals surface area (Å²) in [6, 6.07) is 6.99. The van der Waals surface area contributed by atoms with Crippen LogP contribution in [0.3, 0.4) is 0 Å². The van der Waals surface area contributed by atoms with Crippen molar-refractivity contribution < 1.29 is 4.74 Å². The number of hydrogen-bond acceptors (Lipinski definition) is 2. The Morgan fingerprint density at radius 1 is 1.24 bits per heavy atom. The maximum Gasteiger partial charge on any atom is 0.119 e. The normalized spacial score (nSPS) is 20.2. The van der Waals surface area contributed by atoms with Crippen LogP contribution in [0.1, 0.15) is 36.8 Å². The summed E-state index contributed by atoms with van der Waals surface area (Å²) < 4.78 is 5.80. The van der Waals surface area contributed by atoms with E-state index < -0.39 is 0 Å². The van der Waals surface area contributed by atoms with Crippen molar-refractivity contribution in [3.05, 3.63) is 29.3 Å². The molecule has 2 nitrogen and oxygen atoms in total. The fourth-order valence-electron chi connectivity index (χ4n) is 2.29. The Labute approximate surface area is 104 Å². The lowest BCUT2D eigenvalue weighted by Gasteiger charge is -2.23. The van der Waals surface area contributed by atoms with Crippen LogP contribution in [0.25, 0.3) is 0 Å². The van der Waals surface area contributed by atoms with Gasteiger partial charge in [-0.1, -0.05) is 12.5 Å². The van der Waals surface area contributed by atoms with Crippen LogP contribution in [0, 0.1) is 13.8 Å². The minimum absolute atomic E-state index is 0.662. The molecule has 17 heavy (non-hydrogen) atoms. The second-order valence-corrected chi connectivity index (χ2v) is 5.03. The molecule has 1 atom stereocenters. The zero-order valence-electron chi connectivity index (χ0n) is 11.0. The molecule has 1 aromatic carbocycles. The monoisotopic (exact) mass is 233 g/mol. The molecule has 0 aromatic heterocycles. The largest absolute Gasteiger partial charge is 0.494 e. The summed E-state index contributed by atoms with van der Waals surface area (Å²) in [5, 5.41) is 3.55. The van der Waals surface area contributed by atoms with E-state index in [1.165, 1.54) is 36.9 Å². The zero-order valence-corrected chi connectivity index (χ0v) is 11.0. The van der Waals surface area contributed by atoms with E-state index in [0.717, 1.165) is 18.8 Å². The highest BCUT2D eigenvalue weighted by Gasteiger charge is 2.11. The predicted molar refractivity (Wildman–Crippen MR) is 71.7 cm³/mol. The first-order valence-corrected chi connectivity index (χ1v) is 6.69. The second kappa shape index (κ2) is 6.06. The standard InChI is InChI=1S/C15H23NO/c1-12-6-7-15(11-13(12)2)17-10-8-14-5-3-4-9-16-14/h6-7,11,14,16H,3-5,8-10H2,1-2H3. The summed E-state index contributed by atoms with van der Waals surface area (Å²) in [5.41, 5.74) is 2.63. The lowest BCUT2D eigenvalue weighted by molar-refractivity contribution is 0.268. The molecule has 2 rings (SSSR count). The van der Waals surface area contributed by atoms with E-state index >= 15 is 0 Å². The van der Waals surface area contributed by atoms with Crippen LogP contribution in [-0.4, -0.2) is 19.2 Å². The lowest BCUT2D eigenvalue weighted by atomic mass is 10.0. The van der Waals surface area contributed by atoms with Gasteiger partial charge in [-0.25, -0.2) is 0 Å². The molecule has 94 valence electrons. The van der Waals surface area contributed by atoms with Crippen LogP contribution >= 0.6 is 0 Å². The number of hydrogen-bond donors (Lipinski definition) is 1. The van der Waals surface area contributed by atoms with Gasteiger partial charge in [0.15, 0.2) is 0 Å². The molecule has 1 heterocycles. The van der Waals surface area contributed by atoms with Crippen LogP contribution in [-0.2, 0) is 0 Å². The van der Waals surface area contributed by atoms with E-state index in [2.05, 4.69) is 37.4 Å². The first-order valence-electron chi connectivity index (χ1n) is 6.69. The third-order valence-electron chi connectivity index (χ3n) is 3.63. The SMILES string of the molecule is Cc1ccc(OCCC2CCCCN2)cc1C. The molecule has 0 spiro atoms. The van der Waals surface area contributed by atoms with E-state index in [1.807, 2.05) is 0 Å². The predicted octanol–water partition coefficient (Wildman–Crippen LogP) is 3.21. The summed E-state index contributed by atoms with van der Waals surface area (Å²) in [5.74, 6) is 1.00. The van der Waals surface area contributed by atoms with Crippen LogP contribution in [0.2, 0.25) is 0 Å². The van der Waals surface area contributed by atoms with Gasteiger partial charge in [0.25, 0.3) is 0 Å². The van der Waals surface area contributed by atoms with Crippen molar-refractivity contribution in [1.29, 1.82) is 0 Å². The summed E-state index contributed by atoms with van der Waals surface area (Å²) in [4.78, 5) is 0. The van der Waals surface area contributed by atoms with E-state index in [4.69, 9.17) is 4.74 Å². The maximum atomic E-state index is 5.80. The highest BCUT2D eigenvalue weighted by Crippen LogP contribution is 2.17. The zero-order chi connectivity index (χ0) is 12.1.